The fourth-order valence-electron chi connectivity index (χ4n) is 2.28. The third-order valence-corrected chi connectivity index (χ3v) is 3.41. The minimum Gasteiger partial charge on any atom is -0.508 e. The number of benzene rings is 2. The molecule has 0 saturated heterocycles. The Bertz CT molecular complexity index is 736. The lowest BCUT2D eigenvalue weighted by Gasteiger charge is -2.10. The summed E-state index contributed by atoms with van der Waals surface area (Å²) >= 11 is 0. The lowest BCUT2D eigenvalue weighted by Crippen LogP contribution is -2.16. The molecule has 0 aliphatic heterocycles. The Balaban J connectivity index is 1.80. The molecule has 0 spiro atoms. The van der Waals surface area contributed by atoms with Crippen LogP contribution in [0.5, 0.6) is 5.75 Å². The first-order chi connectivity index (χ1) is 9.75. The molecule has 0 aliphatic carbocycles. The molecule has 5 nitrogen and oxygen atoms in total. The molecule has 0 radical (unpaired) electrons. The van der Waals surface area contributed by atoms with E-state index in [1.54, 1.807) is 12.4 Å². The second-order valence-corrected chi connectivity index (χ2v) is 4.75. The van der Waals surface area contributed by atoms with Gasteiger partial charge in [-0.1, -0.05) is 30.3 Å². The van der Waals surface area contributed by atoms with Crippen molar-refractivity contribution < 1.29 is 5.11 Å². The first kappa shape index (κ1) is 12.6. The topological polar surface area (TPSA) is 63.0 Å². The van der Waals surface area contributed by atoms with Crippen LogP contribution >= 0.6 is 0 Å². The minimum atomic E-state index is 0.314. The van der Waals surface area contributed by atoms with Gasteiger partial charge in [0.05, 0.1) is 6.54 Å². The Morgan fingerprint density at radius 1 is 1.15 bits per heavy atom. The predicted molar refractivity (Wildman–Crippen MR) is 77.2 cm³/mol. The zero-order valence-corrected chi connectivity index (χ0v) is 11.2. The number of phenolic OH excluding ortho intramolecular Hbond substituents is 1. The Morgan fingerprint density at radius 3 is 2.80 bits per heavy atom. The van der Waals surface area contributed by atoms with E-state index < -0.39 is 0 Å². The molecule has 5 heteroatoms. The average Bonchev–Trinajstić information content (AvgIpc) is 2.87. The molecule has 1 heterocycles. The van der Waals surface area contributed by atoms with E-state index in [2.05, 4.69) is 15.5 Å². The summed E-state index contributed by atoms with van der Waals surface area (Å²) in [5.74, 6) is 1.18. The molecular weight excluding hydrogens is 252 g/mol. The van der Waals surface area contributed by atoms with Crippen LogP contribution in [0.1, 0.15) is 11.4 Å². The summed E-state index contributed by atoms with van der Waals surface area (Å²) in [7, 11) is 1.91. The van der Waals surface area contributed by atoms with Gasteiger partial charge in [-0.3, -0.25) is 0 Å². The highest BCUT2D eigenvalue weighted by atomic mass is 16.3. The van der Waals surface area contributed by atoms with Crippen LogP contribution in [0.2, 0.25) is 0 Å². The highest BCUT2D eigenvalue weighted by molar-refractivity contribution is 5.87. The summed E-state index contributed by atoms with van der Waals surface area (Å²) in [6, 6.07) is 11.7. The number of hydrogen-bond acceptors (Lipinski definition) is 4. The van der Waals surface area contributed by atoms with Crippen LogP contribution in [-0.2, 0) is 20.1 Å². The zero-order valence-electron chi connectivity index (χ0n) is 11.2. The molecule has 0 aliphatic rings. The molecule has 20 heavy (non-hydrogen) atoms. The molecule has 2 aromatic carbocycles. The maximum atomic E-state index is 10.0. The number of hydrogen-bond donors (Lipinski definition) is 2. The molecule has 1 aromatic heterocycles. The molecule has 3 rings (SSSR count). The van der Waals surface area contributed by atoms with Crippen LogP contribution in [0.15, 0.2) is 42.7 Å². The Kier molecular flexibility index (Phi) is 3.35. The molecule has 0 atom stereocenters. The number of rotatable bonds is 4. The van der Waals surface area contributed by atoms with Crippen LogP contribution in [-0.4, -0.2) is 19.9 Å². The van der Waals surface area contributed by atoms with Gasteiger partial charge in [0, 0.05) is 19.2 Å². The molecule has 0 amide bonds. The molecule has 2 N–H and O–H groups in total. The van der Waals surface area contributed by atoms with E-state index in [0.29, 0.717) is 18.8 Å². The van der Waals surface area contributed by atoms with Crippen molar-refractivity contribution in [1.82, 2.24) is 20.1 Å². The third kappa shape index (κ3) is 2.35. The van der Waals surface area contributed by atoms with Crippen LogP contribution in [0.4, 0.5) is 0 Å². The van der Waals surface area contributed by atoms with Crippen LogP contribution < -0.4 is 5.32 Å². The molecule has 0 bridgehead atoms. The summed E-state index contributed by atoms with van der Waals surface area (Å²) in [5, 5.41) is 23.4. The van der Waals surface area contributed by atoms with E-state index in [1.807, 2.05) is 41.9 Å². The van der Waals surface area contributed by atoms with Gasteiger partial charge in [-0.25, -0.2) is 0 Å². The summed E-state index contributed by atoms with van der Waals surface area (Å²) < 4.78 is 1.87. The number of aromatic hydroxyl groups is 1. The van der Waals surface area contributed by atoms with Gasteiger partial charge in [-0.15, -0.1) is 10.2 Å². The normalized spacial score (nSPS) is 11.1. The van der Waals surface area contributed by atoms with E-state index in [0.717, 1.165) is 22.2 Å². The quantitative estimate of drug-likeness (QED) is 0.759. The SMILES string of the molecule is Cn1cnnc1CNCc1c(O)ccc2ccccc12. The monoisotopic (exact) mass is 268 g/mol. The Labute approximate surface area is 116 Å². The number of aryl methyl sites for hydroxylation is 1. The standard InChI is InChI=1S/C15H16N4O/c1-19-10-17-18-15(19)9-16-8-13-12-5-3-2-4-11(12)6-7-14(13)20/h2-7,10,16,20H,8-9H2,1H3. The summed E-state index contributed by atoms with van der Waals surface area (Å²) in [6.45, 7) is 1.19. The summed E-state index contributed by atoms with van der Waals surface area (Å²) in [4.78, 5) is 0. The molecule has 0 fully saturated rings. The largest absolute Gasteiger partial charge is 0.508 e. The van der Waals surface area contributed by atoms with Crippen molar-refractivity contribution in [2.75, 3.05) is 0 Å². The van der Waals surface area contributed by atoms with Gasteiger partial charge in [0.25, 0.3) is 0 Å². The number of fused-ring (bicyclic) bond motifs is 1. The Morgan fingerprint density at radius 2 is 2.00 bits per heavy atom. The fraction of sp³-hybridized carbons (Fsp3) is 0.200. The van der Waals surface area contributed by atoms with Crippen molar-refractivity contribution in [1.29, 1.82) is 0 Å². The molecular formula is C15H16N4O. The maximum Gasteiger partial charge on any atom is 0.146 e. The van der Waals surface area contributed by atoms with Crippen molar-refractivity contribution in [3.8, 4) is 5.75 Å². The second-order valence-electron chi connectivity index (χ2n) is 4.75. The van der Waals surface area contributed by atoms with Crippen LogP contribution in [0, 0.1) is 0 Å². The van der Waals surface area contributed by atoms with E-state index in [4.69, 9.17) is 0 Å². The molecule has 102 valence electrons. The first-order valence-electron chi connectivity index (χ1n) is 6.49. The highest BCUT2D eigenvalue weighted by Gasteiger charge is 2.07. The van der Waals surface area contributed by atoms with Gasteiger partial charge >= 0.3 is 0 Å². The van der Waals surface area contributed by atoms with Crippen molar-refractivity contribution in [3.05, 3.63) is 54.1 Å². The molecule has 0 unspecified atom stereocenters. The van der Waals surface area contributed by atoms with Crippen molar-refractivity contribution >= 4 is 10.8 Å². The number of aromatic nitrogens is 3. The highest BCUT2D eigenvalue weighted by Crippen LogP contribution is 2.26. The smallest absolute Gasteiger partial charge is 0.146 e. The van der Waals surface area contributed by atoms with Crippen LogP contribution in [0.25, 0.3) is 10.8 Å². The third-order valence-electron chi connectivity index (χ3n) is 3.41. The lowest BCUT2D eigenvalue weighted by molar-refractivity contribution is 0.465. The average molecular weight is 268 g/mol. The van der Waals surface area contributed by atoms with Gasteiger partial charge in [-0.05, 0) is 16.8 Å². The molecule has 0 saturated carbocycles. The molecule has 3 aromatic rings. The van der Waals surface area contributed by atoms with E-state index in [-0.39, 0.29) is 0 Å². The van der Waals surface area contributed by atoms with E-state index >= 15 is 0 Å². The first-order valence-corrected chi connectivity index (χ1v) is 6.49. The van der Waals surface area contributed by atoms with Crippen molar-refractivity contribution in [2.24, 2.45) is 7.05 Å². The van der Waals surface area contributed by atoms with Crippen molar-refractivity contribution in [3.63, 3.8) is 0 Å². The van der Waals surface area contributed by atoms with Gasteiger partial charge in [0.1, 0.15) is 17.9 Å². The summed E-state index contributed by atoms with van der Waals surface area (Å²) in [6.07, 6.45) is 1.67. The summed E-state index contributed by atoms with van der Waals surface area (Å²) in [5.41, 5.74) is 0.908. The van der Waals surface area contributed by atoms with E-state index in [1.165, 1.54) is 0 Å². The Hall–Kier alpha value is -2.40. The van der Waals surface area contributed by atoms with E-state index in [9.17, 15) is 5.11 Å². The van der Waals surface area contributed by atoms with Gasteiger partial charge in [0.2, 0.25) is 0 Å². The van der Waals surface area contributed by atoms with Gasteiger partial charge < -0.3 is 15.0 Å². The predicted octanol–water partition coefficient (Wildman–Crippen LogP) is 1.96. The van der Waals surface area contributed by atoms with Gasteiger partial charge in [0.15, 0.2) is 0 Å². The number of phenols is 1. The van der Waals surface area contributed by atoms with Gasteiger partial charge in [-0.2, -0.15) is 0 Å². The number of nitrogens with zero attached hydrogens (tertiary/aromatic N) is 3. The van der Waals surface area contributed by atoms with Crippen LogP contribution in [0.3, 0.4) is 0 Å². The zero-order chi connectivity index (χ0) is 13.9. The lowest BCUT2D eigenvalue weighted by atomic mass is 10.0. The fourth-order valence-corrected chi connectivity index (χ4v) is 2.28. The minimum absolute atomic E-state index is 0.314. The second kappa shape index (κ2) is 5.30. The number of nitrogens with one attached hydrogen (secondary N) is 1. The van der Waals surface area contributed by atoms with Crippen molar-refractivity contribution in [2.45, 2.75) is 13.1 Å². The maximum absolute atomic E-state index is 10.0.